The van der Waals surface area contributed by atoms with E-state index in [1.54, 1.807) is 0 Å². The predicted octanol–water partition coefficient (Wildman–Crippen LogP) is 2.67. The van der Waals surface area contributed by atoms with Crippen LogP contribution in [0.2, 0.25) is 0 Å². The minimum atomic E-state index is -0.649. The second kappa shape index (κ2) is 5.83. The topological polar surface area (TPSA) is 69.6 Å². The first kappa shape index (κ1) is 16.3. The van der Waals surface area contributed by atoms with Crippen LogP contribution in [0.4, 0.5) is 11.8 Å². The minimum absolute atomic E-state index is 0.332. The van der Waals surface area contributed by atoms with Gasteiger partial charge in [0.1, 0.15) is 5.82 Å². The van der Waals surface area contributed by atoms with Crippen molar-refractivity contribution in [3.63, 3.8) is 0 Å². The highest BCUT2D eigenvalue weighted by Crippen LogP contribution is 2.49. The summed E-state index contributed by atoms with van der Waals surface area (Å²) in [6.45, 7) is 7.50. The van der Waals surface area contributed by atoms with Gasteiger partial charge in [-0.25, -0.2) is 4.98 Å². The fraction of sp³-hybridized carbons (Fsp3) is 0.750. The molecule has 0 radical (unpaired) electrons. The summed E-state index contributed by atoms with van der Waals surface area (Å²) in [5.74, 6) is 3.32. The number of aromatic nitrogens is 2. The summed E-state index contributed by atoms with van der Waals surface area (Å²) in [7, 11) is 0. The number of hydrogen-bond acceptors (Lipinski definition) is 5. The van der Waals surface area contributed by atoms with Gasteiger partial charge in [-0.3, -0.25) is 4.79 Å². The third kappa shape index (κ3) is 2.41. The molecule has 2 aliphatic carbocycles. The van der Waals surface area contributed by atoms with Crippen molar-refractivity contribution < 1.29 is 9.90 Å². The lowest BCUT2D eigenvalue weighted by Crippen LogP contribution is -2.56. The summed E-state index contributed by atoms with van der Waals surface area (Å²) in [5, 5.41) is 9.16. The zero-order valence-electron chi connectivity index (χ0n) is 15.7. The van der Waals surface area contributed by atoms with Gasteiger partial charge in [0, 0.05) is 37.7 Å². The minimum Gasteiger partial charge on any atom is -0.481 e. The van der Waals surface area contributed by atoms with Crippen LogP contribution in [0.1, 0.15) is 56.7 Å². The van der Waals surface area contributed by atoms with E-state index >= 15 is 0 Å². The van der Waals surface area contributed by atoms with E-state index in [4.69, 9.17) is 15.1 Å². The number of aliphatic carboxylic acids is 1. The molecule has 140 valence electrons. The zero-order chi connectivity index (χ0) is 18.0. The Morgan fingerprint density at radius 2 is 1.96 bits per heavy atom. The molecule has 5 aliphatic rings. The molecule has 3 saturated heterocycles. The summed E-state index contributed by atoms with van der Waals surface area (Å²) < 4.78 is 0. The summed E-state index contributed by atoms with van der Waals surface area (Å²) in [6.07, 6.45) is 4.98. The van der Waals surface area contributed by atoms with Crippen molar-refractivity contribution >= 4 is 17.7 Å². The molecule has 0 spiro atoms. The Hall–Kier alpha value is -1.85. The summed E-state index contributed by atoms with van der Waals surface area (Å²) >= 11 is 0. The Labute approximate surface area is 154 Å². The fourth-order valence-electron chi connectivity index (χ4n) is 5.52. The second-order valence-electron chi connectivity index (χ2n) is 8.90. The molecule has 6 rings (SSSR count). The van der Waals surface area contributed by atoms with Crippen molar-refractivity contribution in [2.45, 2.75) is 57.9 Å². The van der Waals surface area contributed by atoms with Crippen LogP contribution in [0.5, 0.6) is 0 Å². The molecule has 3 aliphatic heterocycles. The van der Waals surface area contributed by atoms with E-state index in [2.05, 4.69) is 23.6 Å². The SMILES string of the molecule is C[C@H]1CCc2c1nc(N1CC[C@@H]1C)nc2N1C[C@H]2C[C@@H](C1)[C@@H]2CC(=O)O. The smallest absolute Gasteiger partial charge is 0.303 e. The molecule has 0 aromatic carbocycles. The molecular weight excluding hydrogens is 328 g/mol. The summed E-state index contributed by atoms with van der Waals surface area (Å²) in [6, 6.07) is 0.535. The van der Waals surface area contributed by atoms with Gasteiger partial charge in [0.15, 0.2) is 0 Å². The normalized spacial score (nSPS) is 34.9. The van der Waals surface area contributed by atoms with Gasteiger partial charge in [-0.15, -0.1) is 0 Å². The number of nitrogens with zero attached hydrogens (tertiary/aromatic N) is 4. The largest absolute Gasteiger partial charge is 0.481 e. The van der Waals surface area contributed by atoms with Crippen LogP contribution in [0, 0.1) is 17.8 Å². The van der Waals surface area contributed by atoms with Gasteiger partial charge >= 0.3 is 5.97 Å². The molecule has 2 bridgehead atoms. The Bertz CT molecular complexity index is 740. The quantitative estimate of drug-likeness (QED) is 0.894. The Morgan fingerprint density at radius 1 is 1.19 bits per heavy atom. The number of rotatable bonds is 4. The van der Waals surface area contributed by atoms with Crippen LogP contribution in [0.3, 0.4) is 0 Å². The predicted molar refractivity (Wildman–Crippen MR) is 99.7 cm³/mol. The number of fused-ring (bicyclic) bond motifs is 3. The molecule has 0 unspecified atom stereocenters. The average Bonchev–Trinajstić information content (AvgIpc) is 2.99. The van der Waals surface area contributed by atoms with Gasteiger partial charge < -0.3 is 14.9 Å². The third-order valence-corrected chi connectivity index (χ3v) is 7.31. The molecule has 26 heavy (non-hydrogen) atoms. The van der Waals surface area contributed by atoms with E-state index in [0.717, 1.165) is 37.8 Å². The lowest BCUT2D eigenvalue weighted by molar-refractivity contribution is -0.141. The number of piperidine rings is 2. The van der Waals surface area contributed by atoms with Crippen LogP contribution in [0.25, 0.3) is 0 Å². The Kier molecular flexibility index (Phi) is 3.66. The molecule has 4 heterocycles. The molecule has 4 fully saturated rings. The van der Waals surface area contributed by atoms with E-state index < -0.39 is 5.97 Å². The average molecular weight is 356 g/mol. The van der Waals surface area contributed by atoms with E-state index in [0.29, 0.717) is 36.1 Å². The third-order valence-electron chi connectivity index (χ3n) is 7.31. The highest BCUT2D eigenvalue weighted by molar-refractivity contribution is 5.67. The van der Waals surface area contributed by atoms with Crippen molar-refractivity contribution in [3.8, 4) is 0 Å². The highest BCUT2D eigenvalue weighted by Gasteiger charge is 2.48. The maximum atomic E-state index is 11.1. The number of carboxylic acids is 1. The number of anilines is 2. The van der Waals surface area contributed by atoms with Crippen molar-refractivity contribution in [1.29, 1.82) is 0 Å². The summed E-state index contributed by atoms with van der Waals surface area (Å²) in [4.78, 5) is 25.9. The fourth-order valence-corrected chi connectivity index (χ4v) is 5.52. The zero-order valence-corrected chi connectivity index (χ0v) is 15.7. The molecule has 5 atom stereocenters. The molecule has 6 nitrogen and oxygen atoms in total. The first-order valence-electron chi connectivity index (χ1n) is 10.2. The van der Waals surface area contributed by atoms with Gasteiger partial charge in [-0.2, -0.15) is 4.98 Å². The Morgan fingerprint density at radius 3 is 2.58 bits per heavy atom. The van der Waals surface area contributed by atoms with E-state index in [1.165, 1.54) is 30.5 Å². The first-order chi connectivity index (χ1) is 12.5. The van der Waals surface area contributed by atoms with Gasteiger partial charge in [0.05, 0.1) is 5.69 Å². The second-order valence-corrected chi connectivity index (χ2v) is 8.90. The number of carboxylic acid groups (broad SMARTS) is 1. The number of hydrogen-bond donors (Lipinski definition) is 1. The first-order valence-corrected chi connectivity index (χ1v) is 10.2. The lowest BCUT2D eigenvalue weighted by atomic mass is 9.60. The molecular formula is C20H28N4O2. The molecule has 1 aromatic rings. The molecule has 1 saturated carbocycles. The number of carbonyl (C=O) groups is 1. The van der Waals surface area contributed by atoms with Crippen LogP contribution in [0.15, 0.2) is 0 Å². The van der Waals surface area contributed by atoms with Crippen molar-refractivity contribution in [2.24, 2.45) is 17.8 Å². The molecule has 6 heteroatoms. The highest BCUT2D eigenvalue weighted by atomic mass is 16.4. The van der Waals surface area contributed by atoms with Gasteiger partial charge in [-0.1, -0.05) is 6.92 Å². The molecule has 1 N–H and O–H groups in total. The maximum absolute atomic E-state index is 11.1. The molecule has 0 amide bonds. The van der Waals surface area contributed by atoms with E-state index in [9.17, 15) is 4.79 Å². The van der Waals surface area contributed by atoms with Crippen LogP contribution >= 0.6 is 0 Å². The van der Waals surface area contributed by atoms with E-state index in [1.807, 2.05) is 0 Å². The van der Waals surface area contributed by atoms with Crippen molar-refractivity contribution in [1.82, 2.24) is 9.97 Å². The van der Waals surface area contributed by atoms with Gasteiger partial charge in [-0.05, 0) is 56.3 Å². The van der Waals surface area contributed by atoms with Crippen molar-refractivity contribution in [3.05, 3.63) is 11.3 Å². The van der Waals surface area contributed by atoms with Crippen LogP contribution in [-0.4, -0.2) is 46.7 Å². The van der Waals surface area contributed by atoms with Gasteiger partial charge in [0.2, 0.25) is 5.95 Å². The standard InChI is InChI=1S/C20H28N4O2/c1-11-3-4-15-18(11)21-20(24-6-5-12(24)2)22-19(15)23-9-13-7-14(10-23)16(13)8-17(25)26/h11-14,16H,3-10H2,1-2H3,(H,25,26)/t11-,12-,13-,14+,16-/m0/s1. The lowest BCUT2D eigenvalue weighted by Gasteiger charge is -2.54. The van der Waals surface area contributed by atoms with Crippen LogP contribution in [-0.2, 0) is 11.2 Å². The maximum Gasteiger partial charge on any atom is 0.303 e. The van der Waals surface area contributed by atoms with Crippen LogP contribution < -0.4 is 9.80 Å². The van der Waals surface area contributed by atoms with E-state index in [-0.39, 0.29) is 0 Å². The monoisotopic (exact) mass is 356 g/mol. The summed E-state index contributed by atoms with van der Waals surface area (Å²) in [5.41, 5.74) is 2.61. The Balaban J connectivity index is 1.44. The molecule has 1 aromatic heterocycles. The van der Waals surface area contributed by atoms with Gasteiger partial charge in [0.25, 0.3) is 0 Å². The van der Waals surface area contributed by atoms with Crippen molar-refractivity contribution in [2.75, 3.05) is 29.4 Å².